The van der Waals surface area contributed by atoms with Crippen LogP contribution in [0.3, 0.4) is 0 Å². The van der Waals surface area contributed by atoms with E-state index in [0.717, 1.165) is 13.1 Å². The summed E-state index contributed by atoms with van der Waals surface area (Å²) >= 11 is 0. The number of ether oxygens (including phenoxy) is 2. The number of hydrogen-bond donors (Lipinski definition) is 1. The molecule has 1 amide bonds. The zero-order valence-corrected chi connectivity index (χ0v) is 13.3. The second-order valence-electron chi connectivity index (χ2n) is 5.92. The molecule has 2 aliphatic heterocycles. The van der Waals surface area contributed by atoms with Crippen molar-refractivity contribution < 1.29 is 19.1 Å². The molecular weight excluding hydrogens is 296 g/mol. The molecule has 0 aromatic heterocycles. The van der Waals surface area contributed by atoms with Gasteiger partial charge in [0.2, 0.25) is 5.91 Å². The van der Waals surface area contributed by atoms with E-state index < -0.39 is 0 Å². The molecule has 6 heteroatoms. The number of nitrogens with one attached hydrogen (secondary N) is 1. The number of carbonyl (C=O) groups excluding carboxylic acids is 2. The molecule has 2 heterocycles. The van der Waals surface area contributed by atoms with Crippen molar-refractivity contribution in [2.24, 2.45) is 0 Å². The molecule has 0 spiro atoms. The number of ketones is 1. The van der Waals surface area contributed by atoms with Crippen molar-refractivity contribution in [3.63, 3.8) is 0 Å². The first kappa shape index (κ1) is 15.8. The lowest BCUT2D eigenvalue weighted by Crippen LogP contribution is -2.52. The summed E-state index contributed by atoms with van der Waals surface area (Å²) in [5, 5.41) is 3.25. The van der Waals surface area contributed by atoms with E-state index in [0.29, 0.717) is 36.8 Å². The Morgan fingerprint density at radius 3 is 2.78 bits per heavy atom. The Kier molecular flexibility index (Phi) is 4.81. The van der Waals surface area contributed by atoms with Crippen molar-refractivity contribution in [1.82, 2.24) is 10.2 Å². The third-order valence-corrected chi connectivity index (χ3v) is 4.25. The van der Waals surface area contributed by atoms with Crippen LogP contribution in [0.4, 0.5) is 0 Å². The van der Waals surface area contributed by atoms with Crippen LogP contribution < -0.4 is 14.8 Å². The topological polar surface area (TPSA) is 67.9 Å². The van der Waals surface area contributed by atoms with Gasteiger partial charge in [0.05, 0.1) is 0 Å². The van der Waals surface area contributed by atoms with Gasteiger partial charge in [-0.2, -0.15) is 0 Å². The third kappa shape index (κ3) is 3.64. The summed E-state index contributed by atoms with van der Waals surface area (Å²) in [6, 6.07) is 5.37. The minimum atomic E-state index is -0.0434. The SMILES string of the molecule is C[C@@H]1CNCCN1C(=O)CCC(=O)c1ccc2c(c1)OCCO2. The Bertz CT molecular complexity index is 602. The summed E-state index contributed by atoms with van der Waals surface area (Å²) in [4.78, 5) is 26.5. The quantitative estimate of drug-likeness (QED) is 0.846. The van der Waals surface area contributed by atoms with Crippen LogP contribution >= 0.6 is 0 Å². The number of amides is 1. The first-order chi connectivity index (χ1) is 11.1. The lowest BCUT2D eigenvalue weighted by Gasteiger charge is -2.34. The van der Waals surface area contributed by atoms with E-state index in [1.165, 1.54) is 0 Å². The number of piperazine rings is 1. The van der Waals surface area contributed by atoms with Crippen molar-refractivity contribution >= 4 is 11.7 Å². The fourth-order valence-corrected chi connectivity index (χ4v) is 2.94. The molecule has 1 saturated heterocycles. The average molecular weight is 318 g/mol. The molecule has 6 nitrogen and oxygen atoms in total. The molecule has 2 aliphatic rings. The van der Waals surface area contributed by atoms with E-state index in [1.807, 2.05) is 11.8 Å². The molecule has 124 valence electrons. The number of nitrogens with zero attached hydrogens (tertiary/aromatic N) is 1. The van der Waals surface area contributed by atoms with E-state index in [-0.39, 0.29) is 30.6 Å². The molecule has 0 radical (unpaired) electrons. The van der Waals surface area contributed by atoms with Crippen molar-refractivity contribution in [2.75, 3.05) is 32.8 Å². The molecule has 1 aromatic carbocycles. The number of carbonyl (C=O) groups is 2. The molecule has 0 bridgehead atoms. The van der Waals surface area contributed by atoms with Crippen molar-refractivity contribution in [1.29, 1.82) is 0 Å². The molecule has 1 N–H and O–H groups in total. The first-order valence-electron chi connectivity index (χ1n) is 8.08. The minimum absolute atomic E-state index is 0.0434. The Morgan fingerprint density at radius 2 is 2.00 bits per heavy atom. The van der Waals surface area contributed by atoms with Crippen LogP contribution in [-0.4, -0.2) is 55.5 Å². The zero-order chi connectivity index (χ0) is 16.2. The third-order valence-electron chi connectivity index (χ3n) is 4.25. The molecular formula is C17H22N2O4. The zero-order valence-electron chi connectivity index (χ0n) is 13.3. The van der Waals surface area contributed by atoms with Gasteiger partial charge in [-0.05, 0) is 25.1 Å². The Balaban J connectivity index is 1.57. The summed E-state index contributed by atoms with van der Waals surface area (Å²) in [5.41, 5.74) is 0.565. The Morgan fingerprint density at radius 1 is 1.22 bits per heavy atom. The summed E-state index contributed by atoms with van der Waals surface area (Å²) in [7, 11) is 0. The predicted molar refractivity (Wildman–Crippen MR) is 85.0 cm³/mol. The van der Waals surface area contributed by atoms with Crippen LogP contribution in [0.25, 0.3) is 0 Å². The van der Waals surface area contributed by atoms with E-state index in [4.69, 9.17) is 9.47 Å². The maximum Gasteiger partial charge on any atom is 0.223 e. The van der Waals surface area contributed by atoms with Crippen LogP contribution in [0.1, 0.15) is 30.1 Å². The van der Waals surface area contributed by atoms with E-state index in [1.54, 1.807) is 18.2 Å². The monoisotopic (exact) mass is 318 g/mol. The van der Waals surface area contributed by atoms with E-state index in [9.17, 15) is 9.59 Å². The maximum absolute atomic E-state index is 12.3. The van der Waals surface area contributed by atoms with E-state index >= 15 is 0 Å². The molecule has 0 unspecified atom stereocenters. The predicted octanol–water partition coefficient (Wildman–Crippen LogP) is 1.24. The molecule has 23 heavy (non-hydrogen) atoms. The second kappa shape index (κ2) is 7.00. The lowest BCUT2D eigenvalue weighted by molar-refractivity contribution is -0.133. The molecule has 1 fully saturated rings. The number of hydrogen-bond acceptors (Lipinski definition) is 5. The maximum atomic E-state index is 12.3. The van der Waals surface area contributed by atoms with Gasteiger partial charge in [-0.25, -0.2) is 0 Å². The van der Waals surface area contributed by atoms with Gasteiger partial charge in [0, 0.05) is 44.1 Å². The van der Waals surface area contributed by atoms with Crippen LogP contribution in [0.5, 0.6) is 11.5 Å². The largest absolute Gasteiger partial charge is 0.486 e. The summed E-state index contributed by atoms with van der Waals surface area (Å²) in [6.45, 7) is 5.36. The van der Waals surface area contributed by atoms with Gasteiger partial charge < -0.3 is 19.7 Å². The van der Waals surface area contributed by atoms with Crippen molar-refractivity contribution in [2.45, 2.75) is 25.8 Å². The van der Waals surface area contributed by atoms with Crippen molar-refractivity contribution in [3.05, 3.63) is 23.8 Å². The standard InChI is InChI=1S/C17H22N2O4/c1-12-11-18-6-7-19(12)17(21)5-3-14(20)13-2-4-15-16(10-13)23-9-8-22-15/h2,4,10,12,18H,3,5-9,11H2,1H3/t12-/m1/s1. The number of fused-ring (bicyclic) bond motifs is 1. The van der Waals surface area contributed by atoms with Gasteiger partial charge in [-0.1, -0.05) is 0 Å². The van der Waals surface area contributed by atoms with Gasteiger partial charge >= 0.3 is 0 Å². The Labute approximate surface area is 135 Å². The van der Waals surface area contributed by atoms with Gasteiger partial charge in [0.15, 0.2) is 17.3 Å². The van der Waals surface area contributed by atoms with Crippen molar-refractivity contribution in [3.8, 4) is 11.5 Å². The number of Topliss-reactive ketones (excluding diaryl/α,β-unsaturated/α-hetero) is 1. The smallest absolute Gasteiger partial charge is 0.223 e. The van der Waals surface area contributed by atoms with Crippen LogP contribution in [-0.2, 0) is 4.79 Å². The normalized spacial score (nSPS) is 20.2. The number of benzene rings is 1. The summed E-state index contributed by atoms with van der Waals surface area (Å²) < 4.78 is 10.9. The van der Waals surface area contributed by atoms with Gasteiger partial charge in [-0.15, -0.1) is 0 Å². The van der Waals surface area contributed by atoms with Crippen LogP contribution in [0.2, 0.25) is 0 Å². The molecule has 3 rings (SSSR count). The highest BCUT2D eigenvalue weighted by Crippen LogP contribution is 2.31. The van der Waals surface area contributed by atoms with Gasteiger partial charge in [0.1, 0.15) is 13.2 Å². The molecule has 1 aromatic rings. The fraction of sp³-hybridized carbons (Fsp3) is 0.529. The summed E-state index contributed by atoms with van der Waals surface area (Å²) in [6.07, 6.45) is 0.465. The molecule has 1 atom stereocenters. The molecule has 0 aliphatic carbocycles. The highest BCUT2D eigenvalue weighted by Gasteiger charge is 2.23. The summed E-state index contributed by atoms with van der Waals surface area (Å²) in [5.74, 6) is 1.27. The minimum Gasteiger partial charge on any atom is -0.486 e. The molecule has 0 saturated carbocycles. The highest BCUT2D eigenvalue weighted by molar-refractivity contribution is 5.98. The highest BCUT2D eigenvalue weighted by atomic mass is 16.6. The van der Waals surface area contributed by atoms with Crippen LogP contribution in [0, 0.1) is 0 Å². The lowest BCUT2D eigenvalue weighted by atomic mass is 10.0. The fourth-order valence-electron chi connectivity index (χ4n) is 2.94. The average Bonchev–Trinajstić information content (AvgIpc) is 2.59. The number of rotatable bonds is 4. The first-order valence-corrected chi connectivity index (χ1v) is 8.08. The van der Waals surface area contributed by atoms with Gasteiger partial charge in [0.25, 0.3) is 0 Å². The van der Waals surface area contributed by atoms with E-state index in [2.05, 4.69) is 5.32 Å². The Hall–Kier alpha value is -2.08. The van der Waals surface area contributed by atoms with Crippen LogP contribution in [0.15, 0.2) is 18.2 Å². The van der Waals surface area contributed by atoms with Gasteiger partial charge in [-0.3, -0.25) is 9.59 Å². The second-order valence-corrected chi connectivity index (χ2v) is 5.92.